The molecule has 0 saturated heterocycles. The van der Waals surface area contributed by atoms with Gasteiger partial charge < -0.3 is 14.8 Å². The van der Waals surface area contributed by atoms with Gasteiger partial charge in [0.15, 0.2) is 0 Å². The van der Waals surface area contributed by atoms with Crippen molar-refractivity contribution < 1.29 is 9.47 Å². The first-order valence-corrected chi connectivity index (χ1v) is 7.12. The van der Waals surface area contributed by atoms with Crippen molar-refractivity contribution in [2.45, 2.75) is 26.2 Å². The number of hydrogen-bond acceptors (Lipinski definition) is 3. The van der Waals surface area contributed by atoms with Crippen LogP contribution in [0.2, 0.25) is 0 Å². The van der Waals surface area contributed by atoms with Gasteiger partial charge in [0, 0.05) is 13.7 Å². The lowest BCUT2D eigenvalue weighted by molar-refractivity contribution is 0.197. The Morgan fingerprint density at radius 3 is 2.79 bits per heavy atom. The van der Waals surface area contributed by atoms with Crippen LogP contribution in [0.1, 0.15) is 25.3 Å². The molecule has 1 rings (SSSR count). The van der Waals surface area contributed by atoms with Crippen molar-refractivity contribution in [2.75, 3.05) is 33.9 Å². The van der Waals surface area contributed by atoms with Crippen molar-refractivity contribution in [3.05, 3.63) is 29.8 Å². The van der Waals surface area contributed by atoms with Gasteiger partial charge in [-0.1, -0.05) is 25.5 Å². The summed E-state index contributed by atoms with van der Waals surface area (Å²) in [6.07, 6.45) is 3.57. The van der Waals surface area contributed by atoms with Crippen LogP contribution in [-0.4, -0.2) is 33.9 Å². The highest BCUT2D eigenvalue weighted by molar-refractivity contribution is 5.28. The Morgan fingerprint density at radius 1 is 1.26 bits per heavy atom. The minimum Gasteiger partial charge on any atom is -0.497 e. The van der Waals surface area contributed by atoms with Crippen LogP contribution in [0.3, 0.4) is 0 Å². The minimum atomic E-state index is 0.675. The minimum absolute atomic E-state index is 0.675. The average Bonchev–Trinajstić information content (AvgIpc) is 2.44. The maximum absolute atomic E-state index is 5.28. The van der Waals surface area contributed by atoms with Gasteiger partial charge in [0.1, 0.15) is 5.75 Å². The Bertz CT molecular complexity index is 341. The van der Waals surface area contributed by atoms with Crippen molar-refractivity contribution in [3.63, 3.8) is 0 Å². The quantitative estimate of drug-likeness (QED) is 0.660. The smallest absolute Gasteiger partial charge is 0.119 e. The third kappa shape index (κ3) is 6.60. The van der Waals surface area contributed by atoms with Crippen molar-refractivity contribution in [2.24, 2.45) is 5.92 Å². The molecule has 1 aromatic rings. The molecule has 1 N–H and O–H groups in total. The second-order valence-corrected chi connectivity index (χ2v) is 4.91. The lowest BCUT2D eigenvalue weighted by Crippen LogP contribution is -2.27. The molecule has 19 heavy (non-hydrogen) atoms. The Morgan fingerprint density at radius 2 is 2.11 bits per heavy atom. The van der Waals surface area contributed by atoms with E-state index in [2.05, 4.69) is 30.4 Å². The van der Waals surface area contributed by atoms with Crippen LogP contribution in [0.4, 0.5) is 0 Å². The number of benzene rings is 1. The zero-order chi connectivity index (χ0) is 13.9. The molecular weight excluding hydrogens is 238 g/mol. The molecule has 3 nitrogen and oxygen atoms in total. The van der Waals surface area contributed by atoms with E-state index in [0.29, 0.717) is 5.92 Å². The molecule has 0 bridgehead atoms. The average molecular weight is 265 g/mol. The molecule has 1 aromatic carbocycles. The standard InChI is InChI=1S/C16H27NO2/c1-4-6-15(13-17-9-10-18-2)11-14-7-5-8-16(12-14)19-3/h5,7-8,12,15,17H,4,6,9-11,13H2,1-3H3. The summed E-state index contributed by atoms with van der Waals surface area (Å²) in [5.41, 5.74) is 1.35. The van der Waals surface area contributed by atoms with Crippen LogP contribution in [0.25, 0.3) is 0 Å². The molecule has 0 heterocycles. The van der Waals surface area contributed by atoms with Crippen LogP contribution in [0.5, 0.6) is 5.75 Å². The Hall–Kier alpha value is -1.06. The summed E-state index contributed by atoms with van der Waals surface area (Å²) >= 11 is 0. The van der Waals surface area contributed by atoms with Gasteiger partial charge in [-0.15, -0.1) is 0 Å². The van der Waals surface area contributed by atoms with Crippen LogP contribution in [0, 0.1) is 5.92 Å². The predicted octanol–water partition coefficient (Wildman–Crippen LogP) is 2.89. The van der Waals surface area contributed by atoms with Crippen LogP contribution in [0.15, 0.2) is 24.3 Å². The molecule has 0 spiro atoms. The molecule has 0 aromatic heterocycles. The fourth-order valence-corrected chi connectivity index (χ4v) is 2.30. The van der Waals surface area contributed by atoms with E-state index in [9.17, 15) is 0 Å². The molecule has 0 radical (unpaired) electrons. The number of rotatable bonds is 10. The third-order valence-corrected chi connectivity index (χ3v) is 3.27. The van der Waals surface area contributed by atoms with Gasteiger partial charge in [-0.25, -0.2) is 0 Å². The van der Waals surface area contributed by atoms with Crippen LogP contribution in [-0.2, 0) is 11.2 Å². The normalized spacial score (nSPS) is 12.4. The van der Waals surface area contributed by atoms with E-state index in [1.54, 1.807) is 14.2 Å². The highest BCUT2D eigenvalue weighted by Crippen LogP contribution is 2.18. The maximum atomic E-state index is 5.28. The first kappa shape index (κ1) is 16.0. The molecule has 108 valence electrons. The van der Waals surface area contributed by atoms with Gasteiger partial charge in [0.25, 0.3) is 0 Å². The molecule has 0 fully saturated rings. The predicted molar refractivity (Wildman–Crippen MR) is 79.8 cm³/mol. The van der Waals surface area contributed by atoms with Crippen LogP contribution >= 0.6 is 0 Å². The van der Waals surface area contributed by atoms with Gasteiger partial charge in [-0.2, -0.15) is 0 Å². The van der Waals surface area contributed by atoms with Gasteiger partial charge in [-0.3, -0.25) is 0 Å². The summed E-state index contributed by atoms with van der Waals surface area (Å²) in [5.74, 6) is 1.62. The van der Waals surface area contributed by atoms with Crippen LogP contribution < -0.4 is 10.1 Å². The van der Waals surface area contributed by atoms with E-state index in [4.69, 9.17) is 9.47 Å². The zero-order valence-electron chi connectivity index (χ0n) is 12.4. The molecule has 1 atom stereocenters. The topological polar surface area (TPSA) is 30.5 Å². The summed E-state index contributed by atoms with van der Waals surface area (Å²) < 4.78 is 10.3. The van der Waals surface area contributed by atoms with E-state index < -0.39 is 0 Å². The highest BCUT2D eigenvalue weighted by atomic mass is 16.5. The number of nitrogens with one attached hydrogen (secondary N) is 1. The molecule has 3 heteroatoms. The second kappa shape index (κ2) is 9.82. The third-order valence-electron chi connectivity index (χ3n) is 3.27. The lowest BCUT2D eigenvalue weighted by atomic mass is 9.95. The van der Waals surface area contributed by atoms with E-state index in [0.717, 1.165) is 31.9 Å². The first-order chi connectivity index (χ1) is 9.30. The monoisotopic (exact) mass is 265 g/mol. The molecule has 0 aliphatic carbocycles. The summed E-state index contributed by atoms with van der Waals surface area (Å²) in [6, 6.07) is 8.38. The van der Waals surface area contributed by atoms with Gasteiger partial charge in [-0.05, 0) is 43.0 Å². The summed E-state index contributed by atoms with van der Waals surface area (Å²) in [4.78, 5) is 0. The molecule has 0 amide bonds. The maximum Gasteiger partial charge on any atom is 0.119 e. The molecule has 0 aliphatic heterocycles. The SMILES string of the molecule is CCCC(CNCCOC)Cc1cccc(OC)c1. The summed E-state index contributed by atoms with van der Waals surface area (Å²) in [6.45, 7) is 5.00. The largest absolute Gasteiger partial charge is 0.497 e. The second-order valence-electron chi connectivity index (χ2n) is 4.91. The number of hydrogen-bond donors (Lipinski definition) is 1. The van der Waals surface area contributed by atoms with Gasteiger partial charge in [0.2, 0.25) is 0 Å². The zero-order valence-corrected chi connectivity index (χ0v) is 12.4. The molecule has 0 saturated carbocycles. The van der Waals surface area contributed by atoms with Crippen molar-refractivity contribution in [3.8, 4) is 5.75 Å². The van der Waals surface area contributed by atoms with E-state index in [1.165, 1.54) is 18.4 Å². The Kier molecular flexibility index (Phi) is 8.26. The fraction of sp³-hybridized carbons (Fsp3) is 0.625. The van der Waals surface area contributed by atoms with Crippen molar-refractivity contribution in [1.82, 2.24) is 5.32 Å². The first-order valence-electron chi connectivity index (χ1n) is 7.12. The lowest BCUT2D eigenvalue weighted by Gasteiger charge is -2.17. The van der Waals surface area contributed by atoms with Gasteiger partial charge in [0.05, 0.1) is 13.7 Å². The molecular formula is C16H27NO2. The van der Waals surface area contributed by atoms with Gasteiger partial charge >= 0.3 is 0 Å². The van der Waals surface area contributed by atoms with E-state index in [-0.39, 0.29) is 0 Å². The van der Waals surface area contributed by atoms with E-state index in [1.807, 2.05) is 6.07 Å². The number of methoxy groups -OCH3 is 2. The van der Waals surface area contributed by atoms with Crippen molar-refractivity contribution >= 4 is 0 Å². The molecule has 1 unspecified atom stereocenters. The number of ether oxygens (including phenoxy) is 2. The highest BCUT2D eigenvalue weighted by Gasteiger charge is 2.09. The Balaban J connectivity index is 2.46. The van der Waals surface area contributed by atoms with E-state index >= 15 is 0 Å². The fourth-order valence-electron chi connectivity index (χ4n) is 2.30. The molecule has 0 aliphatic rings. The summed E-state index contributed by atoms with van der Waals surface area (Å²) in [5, 5.41) is 3.46. The van der Waals surface area contributed by atoms with Crippen molar-refractivity contribution in [1.29, 1.82) is 0 Å². The summed E-state index contributed by atoms with van der Waals surface area (Å²) in [7, 11) is 3.45. The Labute approximate surface area is 117 Å².